The highest BCUT2D eigenvalue weighted by Crippen LogP contribution is 2.32. The van der Waals surface area contributed by atoms with E-state index in [9.17, 15) is 14.7 Å². The third kappa shape index (κ3) is 5.70. The molecule has 0 fully saturated rings. The quantitative estimate of drug-likeness (QED) is 0.301. The minimum Gasteiger partial charge on any atom is -0.506 e. The van der Waals surface area contributed by atoms with Crippen molar-refractivity contribution in [2.75, 3.05) is 5.32 Å². The number of phenolic OH excluding ortho intramolecular Hbond substituents is 1. The first kappa shape index (κ1) is 20.7. The van der Waals surface area contributed by atoms with Crippen molar-refractivity contribution in [2.24, 2.45) is 5.10 Å². The Kier molecular flexibility index (Phi) is 7.45. The molecule has 0 unspecified atom stereocenters. The molecule has 6 nitrogen and oxygen atoms in total. The Morgan fingerprint density at radius 1 is 1.15 bits per heavy atom. The number of nitrogens with zero attached hydrogens (tertiary/aromatic N) is 1. The Bertz CT molecular complexity index is 868. The third-order valence-corrected chi connectivity index (χ3v) is 5.02. The number of hydrogen-bond donors (Lipinski definition) is 3. The van der Waals surface area contributed by atoms with E-state index in [1.54, 1.807) is 30.3 Å². The lowest BCUT2D eigenvalue weighted by molar-refractivity contribution is -0.126. The lowest BCUT2D eigenvalue weighted by Gasteiger charge is -2.07. The highest BCUT2D eigenvalue weighted by atomic mass is 79.9. The fourth-order valence-electron chi connectivity index (χ4n) is 1.82. The molecule has 10 heteroatoms. The molecule has 3 N–H and O–H groups in total. The fraction of sp³-hybridized carbons (Fsp3) is 0.0625. The number of carbonyl (C=O) groups is 2. The summed E-state index contributed by atoms with van der Waals surface area (Å²) in [5.74, 6) is -1.10. The van der Waals surface area contributed by atoms with E-state index in [-0.39, 0.29) is 10.8 Å². The van der Waals surface area contributed by atoms with Crippen LogP contribution in [0.1, 0.15) is 12.0 Å². The van der Waals surface area contributed by atoms with Gasteiger partial charge in [0.05, 0.1) is 30.9 Å². The molecule has 0 aromatic heterocycles. The minimum atomic E-state index is -0.603. The molecule has 0 saturated heterocycles. The Morgan fingerprint density at radius 2 is 1.81 bits per heavy atom. The molecule has 0 bridgehead atoms. The van der Waals surface area contributed by atoms with Crippen LogP contribution < -0.4 is 10.7 Å². The van der Waals surface area contributed by atoms with E-state index in [1.807, 2.05) is 0 Å². The second kappa shape index (κ2) is 9.36. The van der Waals surface area contributed by atoms with Crippen molar-refractivity contribution in [3.63, 3.8) is 0 Å². The number of rotatable bonds is 5. The van der Waals surface area contributed by atoms with Crippen molar-refractivity contribution in [3.05, 3.63) is 54.9 Å². The number of anilines is 1. The molecule has 0 aliphatic rings. The SMILES string of the molecule is O=C(CC(=O)Nc1cccc(Cl)c1Cl)NN=Cc1cc(Br)c(O)c(Br)c1. The predicted molar refractivity (Wildman–Crippen MR) is 109 cm³/mol. The van der Waals surface area contributed by atoms with Gasteiger partial charge in [0.2, 0.25) is 11.8 Å². The van der Waals surface area contributed by atoms with Gasteiger partial charge in [-0.15, -0.1) is 0 Å². The summed E-state index contributed by atoms with van der Waals surface area (Å²) in [5, 5.41) is 16.4. The number of hydrazone groups is 1. The molecule has 0 atom stereocenters. The number of benzene rings is 2. The number of amides is 2. The fourth-order valence-corrected chi connectivity index (χ4v) is 3.39. The minimum absolute atomic E-state index is 0.0579. The first-order valence-corrected chi connectivity index (χ1v) is 9.36. The van der Waals surface area contributed by atoms with Gasteiger partial charge in [0.1, 0.15) is 12.2 Å². The van der Waals surface area contributed by atoms with Gasteiger partial charge in [0.15, 0.2) is 0 Å². The molecular weight excluding hydrogens is 513 g/mol. The van der Waals surface area contributed by atoms with Crippen LogP contribution >= 0.6 is 55.1 Å². The van der Waals surface area contributed by atoms with Gasteiger partial charge in [-0.2, -0.15) is 5.10 Å². The molecule has 2 rings (SSSR count). The van der Waals surface area contributed by atoms with Gasteiger partial charge < -0.3 is 10.4 Å². The summed E-state index contributed by atoms with van der Waals surface area (Å²) >= 11 is 18.2. The van der Waals surface area contributed by atoms with E-state index in [2.05, 4.69) is 47.7 Å². The van der Waals surface area contributed by atoms with Crippen LogP contribution in [0.25, 0.3) is 0 Å². The smallest absolute Gasteiger partial charge is 0.249 e. The van der Waals surface area contributed by atoms with Crippen molar-refractivity contribution >= 4 is 78.8 Å². The van der Waals surface area contributed by atoms with E-state index >= 15 is 0 Å². The van der Waals surface area contributed by atoms with Crippen LogP contribution in [0.15, 0.2) is 44.4 Å². The van der Waals surface area contributed by atoms with Crippen LogP contribution in [-0.4, -0.2) is 23.1 Å². The van der Waals surface area contributed by atoms with Gasteiger partial charge in [-0.3, -0.25) is 9.59 Å². The Balaban J connectivity index is 1.90. The Labute approximate surface area is 175 Å². The summed E-state index contributed by atoms with van der Waals surface area (Å²) in [5.41, 5.74) is 3.19. The lowest BCUT2D eigenvalue weighted by Crippen LogP contribution is -2.24. The number of hydrogen-bond acceptors (Lipinski definition) is 4. The summed E-state index contributed by atoms with van der Waals surface area (Å²) < 4.78 is 0.940. The monoisotopic (exact) mass is 521 g/mol. The van der Waals surface area contributed by atoms with E-state index in [1.165, 1.54) is 6.21 Å². The van der Waals surface area contributed by atoms with Crippen LogP contribution in [0.5, 0.6) is 5.75 Å². The van der Waals surface area contributed by atoms with Gasteiger partial charge in [-0.05, 0) is 61.7 Å². The molecule has 136 valence electrons. The normalized spacial score (nSPS) is 10.8. The maximum Gasteiger partial charge on any atom is 0.249 e. The van der Waals surface area contributed by atoms with Crippen LogP contribution in [0.4, 0.5) is 5.69 Å². The molecule has 2 aromatic carbocycles. The Morgan fingerprint density at radius 3 is 2.46 bits per heavy atom. The molecule has 2 amide bonds. The topological polar surface area (TPSA) is 90.8 Å². The number of nitrogens with one attached hydrogen (secondary N) is 2. The molecule has 0 heterocycles. The second-order valence-electron chi connectivity index (χ2n) is 4.95. The number of aromatic hydroxyl groups is 1. The van der Waals surface area contributed by atoms with E-state index in [0.29, 0.717) is 25.2 Å². The van der Waals surface area contributed by atoms with E-state index < -0.39 is 18.2 Å². The summed E-state index contributed by atoms with van der Waals surface area (Å²) in [6, 6.07) is 8.01. The van der Waals surface area contributed by atoms with E-state index in [4.69, 9.17) is 23.2 Å². The first-order chi connectivity index (χ1) is 12.3. The van der Waals surface area contributed by atoms with Gasteiger partial charge in [0.25, 0.3) is 0 Å². The second-order valence-corrected chi connectivity index (χ2v) is 7.45. The van der Waals surface area contributed by atoms with Gasteiger partial charge >= 0.3 is 0 Å². The van der Waals surface area contributed by atoms with Crippen LogP contribution in [0, 0.1) is 0 Å². The van der Waals surface area contributed by atoms with Crippen molar-refractivity contribution in [2.45, 2.75) is 6.42 Å². The molecule has 0 aliphatic heterocycles. The predicted octanol–water partition coefficient (Wildman–Crippen LogP) is 4.70. The maximum absolute atomic E-state index is 11.9. The lowest BCUT2D eigenvalue weighted by atomic mass is 10.2. The van der Waals surface area contributed by atoms with Crippen LogP contribution in [-0.2, 0) is 9.59 Å². The Hall–Kier alpha value is -1.61. The summed E-state index contributed by atoms with van der Waals surface area (Å²) in [6.45, 7) is 0. The highest BCUT2D eigenvalue weighted by molar-refractivity contribution is 9.11. The van der Waals surface area contributed by atoms with Gasteiger partial charge in [-0.1, -0.05) is 29.3 Å². The van der Waals surface area contributed by atoms with Crippen molar-refractivity contribution in [3.8, 4) is 5.75 Å². The average Bonchev–Trinajstić information content (AvgIpc) is 2.56. The number of phenols is 1. The number of halogens is 4. The highest BCUT2D eigenvalue weighted by Gasteiger charge is 2.12. The third-order valence-electron chi connectivity index (χ3n) is 2.99. The van der Waals surface area contributed by atoms with Crippen molar-refractivity contribution < 1.29 is 14.7 Å². The summed E-state index contributed by atoms with van der Waals surface area (Å²) in [4.78, 5) is 23.7. The number of carbonyl (C=O) groups excluding carboxylic acids is 2. The molecule has 2 aromatic rings. The average molecular weight is 524 g/mol. The molecular formula is C16H11Br2Cl2N3O3. The molecule has 0 spiro atoms. The molecule has 0 aliphatic carbocycles. The molecule has 26 heavy (non-hydrogen) atoms. The maximum atomic E-state index is 11.9. The van der Waals surface area contributed by atoms with Crippen molar-refractivity contribution in [1.82, 2.24) is 5.43 Å². The summed E-state index contributed by atoms with van der Waals surface area (Å²) in [7, 11) is 0. The van der Waals surface area contributed by atoms with Gasteiger partial charge in [0, 0.05) is 0 Å². The standard InChI is InChI=1S/C16H11Br2Cl2N3O3/c17-9-4-8(5-10(18)16(9)26)7-21-23-14(25)6-13(24)22-12-3-1-2-11(19)15(12)20/h1-5,7,26H,6H2,(H,22,24)(H,23,25). The summed E-state index contributed by atoms with van der Waals surface area (Å²) in [6.07, 6.45) is 0.932. The first-order valence-electron chi connectivity index (χ1n) is 7.01. The van der Waals surface area contributed by atoms with Crippen LogP contribution in [0.2, 0.25) is 10.0 Å². The van der Waals surface area contributed by atoms with E-state index in [0.717, 1.165) is 0 Å². The molecule has 0 radical (unpaired) electrons. The zero-order chi connectivity index (χ0) is 19.3. The van der Waals surface area contributed by atoms with Gasteiger partial charge in [-0.25, -0.2) is 5.43 Å². The zero-order valence-corrected chi connectivity index (χ0v) is 17.6. The molecule has 0 saturated carbocycles. The van der Waals surface area contributed by atoms with Crippen LogP contribution in [0.3, 0.4) is 0 Å². The van der Waals surface area contributed by atoms with Crippen molar-refractivity contribution in [1.29, 1.82) is 0 Å². The zero-order valence-electron chi connectivity index (χ0n) is 12.9. The largest absolute Gasteiger partial charge is 0.506 e.